The standard InChI is InChI=1S/C16H22N2O2/c1-2-17-13-7-5-10-18(16(13)19)14-9-11-20-15-8-4-3-6-12(14)15/h3-4,6,8,13-14,17H,2,5,7,9-11H2,1H3. The number of hydrogen-bond donors (Lipinski definition) is 1. The molecule has 1 saturated heterocycles. The van der Waals surface area contributed by atoms with Crippen molar-refractivity contribution < 1.29 is 9.53 Å². The largest absolute Gasteiger partial charge is 0.493 e. The van der Waals surface area contributed by atoms with Crippen molar-refractivity contribution in [2.24, 2.45) is 0 Å². The molecule has 1 N–H and O–H groups in total. The Labute approximate surface area is 120 Å². The Hall–Kier alpha value is -1.55. The van der Waals surface area contributed by atoms with Crippen LogP contribution in [0, 0.1) is 0 Å². The summed E-state index contributed by atoms with van der Waals surface area (Å²) in [5.74, 6) is 1.18. The van der Waals surface area contributed by atoms with Gasteiger partial charge in [-0.25, -0.2) is 0 Å². The summed E-state index contributed by atoms with van der Waals surface area (Å²) in [6, 6.07) is 8.26. The molecule has 1 aromatic rings. The first-order valence-electron chi connectivity index (χ1n) is 7.57. The van der Waals surface area contributed by atoms with E-state index >= 15 is 0 Å². The summed E-state index contributed by atoms with van der Waals surface area (Å²) >= 11 is 0. The zero-order valence-electron chi connectivity index (χ0n) is 12.0. The highest BCUT2D eigenvalue weighted by Crippen LogP contribution is 2.37. The lowest BCUT2D eigenvalue weighted by atomic mass is 9.95. The molecule has 1 amide bonds. The Morgan fingerprint density at radius 3 is 3.05 bits per heavy atom. The van der Waals surface area contributed by atoms with Gasteiger partial charge in [0.1, 0.15) is 5.75 Å². The summed E-state index contributed by atoms with van der Waals surface area (Å²) in [6.45, 7) is 4.45. The number of piperidine rings is 1. The minimum absolute atomic E-state index is 0.0104. The van der Waals surface area contributed by atoms with Gasteiger partial charge in [0.25, 0.3) is 0 Å². The fourth-order valence-electron chi connectivity index (χ4n) is 3.29. The van der Waals surface area contributed by atoms with Crippen LogP contribution in [0.25, 0.3) is 0 Å². The molecular formula is C16H22N2O2. The van der Waals surface area contributed by atoms with E-state index in [9.17, 15) is 4.79 Å². The number of benzene rings is 1. The maximum absolute atomic E-state index is 12.6. The molecule has 0 saturated carbocycles. The Morgan fingerprint density at radius 1 is 1.35 bits per heavy atom. The van der Waals surface area contributed by atoms with Crippen LogP contribution in [0.5, 0.6) is 5.75 Å². The number of carbonyl (C=O) groups excluding carboxylic acids is 1. The second kappa shape index (κ2) is 5.83. The minimum atomic E-state index is -0.0104. The number of nitrogens with zero attached hydrogens (tertiary/aromatic N) is 1. The van der Waals surface area contributed by atoms with Crippen molar-refractivity contribution >= 4 is 5.91 Å². The summed E-state index contributed by atoms with van der Waals surface area (Å²) in [4.78, 5) is 14.7. The third-order valence-corrected chi connectivity index (χ3v) is 4.23. The first kappa shape index (κ1) is 13.4. The Kier molecular flexibility index (Phi) is 3.92. The van der Waals surface area contributed by atoms with Gasteiger partial charge in [0.05, 0.1) is 18.7 Å². The van der Waals surface area contributed by atoms with Gasteiger partial charge in [-0.2, -0.15) is 0 Å². The molecule has 4 heteroatoms. The lowest BCUT2D eigenvalue weighted by Crippen LogP contribution is -2.52. The number of likely N-dealkylation sites (N-methyl/N-ethyl adjacent to an activating group) is 1. The SMILES string of the molecule is CCNC1CCCN(C2CCOc3ccccc32)C1=O. The number of likely N-dealkylation sites (tertiary alicyclic amines) is 1. The van der Waals surface area contributed by atoms with Crippen molar-refractivity contribution in [2.75, 3.05) is 19.7 Å². The second-order valence-electron chi connectivity index (χ2n) is 5.47. The molecule has 108 valence electrons. The summed E-state index contributed by atoms with van der Waals surface area (Å²) < 4.78 is 5.70. The smallest absolute Gasteiger partial charge is 0.240 e. The highest BCUT2D eigenvalue weighted by molar-refractivity contribution is 5.83. The molecule has 0 aromatic heterocycles. The highest BCUT2D eigenvalue weighted by Gasteiger charge is 2.35. The number of hydrogen-bond acceptors (Lipinski definition) is 3. The normalized spacial score (nSPS) is 26.1. The zero-order chi connectivity index (χ0) is 13.9. The highest BCUT2D eigenvalue weighted by atomic mass is 16.5. The van der Waals surface area contributed by atoms with E-state index in [1.807, 2.05) is 18.2 Å². The van der Waals surface area contributed by atoms with Crippen molar-refractivity contribution in [3.8, 4) is 5.75 Å². The summed E-state index contributed by atoms with van der Waals surface area (Å²) in [5, 5.41) is 3.30. The number of carbonyl (C=O) groups is 1. The lowest BCUT2D eigenvalue weighted by Gasteiger charge is -2.40. The van der Waals surface area contributed by atoms with E-state index in [2.05, 4.69) is 23.2 Å². The van der Waals surface area contributed by atoms with E-state index in [1.54, 1.807) is 0 Å². The quantitative estimate of drug-likeness (QED) is 0.918. The van der Waals surface area contributed by atoms with Crippen molar-refractivity contribution in [3.63, 3.8) is 0 Å². The average molecular weight is 274 g/mol. The maximum Gasteiger partial charge on any atom is 0.240 e. The topological polar surface area (TPSA) is 41.6 Å². The van der Waals surface area contributed by atoms with Crippen LogP contribution in [0.3, 0.4) is 0 Å². The number of amides is 1. The molecule has 1 aromatic carbocycles. The fourth-order valence-corrected chi connectivity index (χ4v) is 3.29. The molecule has 0 spiro atoms. The Bertz CT molecular complexity index is 487. The molecule has 20 heavy (non-hydrogen) atoms. The molecule has 2 heterocycles. The minimum Gasteiger partial charge on any atom is -0.493 e. The molecule has 1 fully saturated rings. The number of nitrogens with one attached hydrogen (secondary N) is 1. The summed E-state index contributed by atoms with van der Waals surface area (Å²) in [6.07, 6.45) is 2.92. The van der Waals surface area contributed by atoms with Crippen molar-refractivity contribution in [1.29, 1.82) is 0 Å². The summed E-state index contributed by atoms with van der Waals surface area (Å²) in [5.41, 5.74) is 1.16. The summed E-state index contributed by atoms with van der Waals surface area (Å²) in [7, 11) is 0. The van der Waals surface area contributed by atoms with Crippen molar-refractivity contribution in [3.05, 3.63) is 29.8 Å². The predicted octanol–water partition coefficient (Wildman–Crippen LogP) is 2.11. The van der Waals surface area contributed by atoms with Gasteiger partial charge in [-0.3, -0.25) is 4.79 Å². The molecule has 0 bridgehead atoms. The fraction of sp³-hybridized carbons (Fsp3) is 0.562. The van der Waals surface area contributed by atoms with Crippen LogP contribution in [0.1, 0.15) is 37.8 Å². The van der Waals surface area contributed by atoms with Gasteiger partial charge in [0, 0.05) is 18.5 Å². The van der Waals surface area contributed by atoms with Crippen LogP contribution in [-0.4, -0.2) is 36.5 Å². The van der Waals surface area contributed by atoms with Crippen LogP contribution < -0.4 is 10.1 Å². The van der Waals surface area contributed by atoms with Crippen molar-refractivity contribution in [2.45, 2.75) is 38.3 Å². The van der Waals surface area contributed by atoms with E-state index < -0.39 is 0 Å². The first-order chi connectivity index (χ1) is 9.81. The van der Waals surface area contributed by atoms with E-state index in [-0.39, 0.29) is 18.0 Å². The monoisotopic (exact) mass is 274 g/mol. The molecule has 4 nitrogen and oxygen atoms in total. The molecule has 0 aliphatic carbocycles. The Morgan fingerprint density at radius 2 is 2.20 bits per heavy atom. The number of ether oxygens (including phenoxy) is 1. The van der Waals surface area contributed by atoms with Gasteiger partial charge in [0.15, 0.2) is 0 Å². The molecule has 3 rings (SSSR count). The first-order valence-corrected chi connectivity index (χ1v) is 7.57. The second-order valence-corrected chi connectivity index (χ2v) is 5.47. The van der Waals surface area contributed by atoms with Gasteiger partial charge >= 0.3 is 0 Å². The maximum atomic E-state index is 12.6. The van der Waals surface area contributed by atoms with Crippen LogP contribution in [0.4, 0.5) is 0 Å². The molecular weight excluding hydrogens is 252 g/mol. The van der Waals surface area contributed by atoms with Gasteiger partial charge in [-0.15, -0.1) is 0 Å². The van der Waals surface area contributed by atoms with E-state index in [0.29, 0.717) is 6.61 Å². The third-order valence-electron chi connectivity index (χ3n) is 4.23. The van der Waals surface area contributed by atoms with E-state index in [1.165, 1.54) is 0 Å². The molecule has 0 radical (unpaired) electrons. The van der Waals surface area contributed by atoms with Crippen LogP contribution in [0.2, 0.25) is 0 Å². The Balaban J connectivity index is 1.84. The van der Waals surface area contributed by atoms with Crippen LogP contribution in [-0.2, 0) is 4.79 Å². The van der Waals surface area contributed by atoms with Crippen LogP contribution >= 0.6 is 0 Å². The van der Waals surface area contributed by atoms with Crippen LogP contribution in [0.15, 0.2) is 24.3 Å². The average Bonchev–Trinajstić information content (AvgIpc) is 2.49. The zero-order valence-corrected chi connectivity index (χ0v) is 12.0. The molecule has 2 aliphatic heterocycles. The number of rotatable bonds is 3. The molecule has 2 atom stereocenters. The third kappa shape index (κ3) is 2.40. The predicted molar refractivity (Wildman–Crippen MR) is 77.7 cm³/mol. The number of para-hydroxylation sites is 1. The van der Waals surface area contributed by atoms with Gasteiger partial charge in [-0.05, 0) is 25.5 Å². The number of fused-ring (bicyclic) bond motifs is 1. The van der Waals surface area contributed by atoms with Gasteiger partial charge < -0.3 is 15.0 Å². The van der Waals surface area contributed by atoms with Gasteiger partial charge in [0.2, 0.25) is 5.91 Å². The van der Waals surface area contributed by atoms with E-state index in [4.69, 9.17) is 4.74 Å². The van der Waals surface area contributed by atoms with Gasteiger partial charge in [-0.1, -0.05) is 25.1 Å². The van der Waals surface area contributed by atoms with Crippen molar-refractivity contribution in [1.82, 2.24) is 10.2 Å². The van der Waals surface area contributed by atoms with E-state index in [0.717, 1.165) is 43.7 Å². The molecule has 2 aliphatic rings. The molecule has 2 unspecified atom stereocenters. The lowest BCUT2D eigenvalue weighted by molar-refractivity contribution is -0.139.